The number of nitrogens with one attached hydrogen (secondary N) is 2. The van der Waals surface area contributed by atoms with Crippen molar-refractivity contribution in [2.75, 3.05) is 13.7 Å². The molecule has 0 aliphatic heterocycles. The van der Waals surface area contributed by atoms with E-state index in [4.69, 9.17) is 10.00 Å². The van der Waals surface area contributed by atoms with E-state index in [2.05, 4.69) is 15.4 Å². The molecule has 3 N–H and O–H groups in total. The minimum absolute atomic E-state index is 0.0230. The number of methoxy groups -OCH3 is 1. The van der Waals surface area contributed by atoms with E-state index < -0.39 is 0 Å². The molecule has 2 heterocycles. The average molecular weight is 353 g/mol. The van der Waals surface area contributed by atoms with Crippen molar-refractivity contribution in [2.45, 2.75) is 19.0 Å². The van der Waals surface area contributed by atoms with Gasteiger partial charge in [-0.15, -0.1) is 0 Å². The predicted molar refractivity (Wildman–Crippen MR) is 94.8 cm³/mol. The maximum Gasteiger partial charge on any atom is 0.272 e. The predicted octanol–water partition coefficient (Wildman–Crippen LogP) is 1.12. The number of H-pyrrole nitrogens is 1. The van der Waals surface area contributed by atoms with Crippen LogP contribution in [0.25, 0.3) is 5.65 Å². The first-order chi connectivity index (χ1) is 12.7. The summed E-state index contributed by atoms with van der Waals surface area (Å²) in [5.41, 5.74) is 1.86. The summed E-state index contributed by atoms with van der Waals surface area (Å²) in [6, 6.07) is 10.9. The molecule has 0 bridgehead atoms. The van der Waals surface area contributed by atoms with Gasteiger partial charge in [0.05, 0.1) is 12.8 Å². The van der Waals surface area contributed by atoms with Crippen LogP contribution in [0.1, 0.15) is 29.3 Å². The molecule has 0 amide bonds. The fourth-order valence-electron chi connectivity index (χ4n) is 2.78. The van der Waals surface area contributed by atoms with Crippen LogP contribution in [-0.4, -0.2) is 33.4 Å². The molecule has 0 radical (unpaired) electrons. The van der Waals surface area contributed by atoms with Gasteiger partial charge in [-0.3, -0.25) is 9.89 Å². The van der Waals surface area contributed by atoms with Crippen LogP contribution in [0.5, 0.6) is 5.75 Å². The Morgan fingerprint density at radius 1 is 1.42 bits per heavy atom. The van der Waals surface area contributed by atoms with Gasteiger partial charge in [0.2, 0.25) is 0 Å². The maximum absolute atomic E-state index is 12.1. The summed E-state index contributed by atoms with van der Waals surface area (Å²) in [6.07, 6.45) is 1.97. The lowest BCUT2D eigenvalue weighted by Crippen LogP contribution is -2.24. The zero-order valence-corrected chi connectivity index (χ0v) is 14.3. The molecule has 8 nitrogen and oxygen atoms in total. The molecule has 0 saturated heterocycles. The molecule has 3 rings (SSSR count). The Kier molecular flexibility index (Phi) is 5.31. The van der Waals surface area contributed by atoms with Gasteiger partial charge < -0.3 is 15.2 Å². The van der Waals surface area contributed by atoms with E-state index in [0.29, 0.717) is 29.9 Å². The summed E-state index contributed by atoms with van der Waals surface area (Å²) >= 11 is 0. The number of ether oxygens (including phenoxy) is 1. The summed E-state index contributed by atoms with van der Waals surface area (Å²) in [5, 5.41) is 24.5. The normalized spacial score (nSPS) is 12.0. The van der Waals surface area contributed by atoms with Gasteiger partial charge in [0.1, 0.15) is 17.4 Å². The van der Waals surface area contributed by atoms with Gasteiger partial charge in [-0.25, -0.2) is 9.50 Å². The van der Waals surface area contributed by atoms with E-state index in [0.717, 1.165) is 11.3 Å². The van der Waals surface area contributed by atoms with Crippen LogP contribution in [0.3, 0.4) is 0 Å². The number of hydrogen-bond acceptors (Lipinski definition) is 6. The zero-order valence-electron chi connectivity index (χ0n) is 14.3. The smallest absolute Gasteiger partial charge is 0.272 e. The highest BCUT2D eigenvalue weighted by Gasteiger charge is 2.13. The van der Waals surface area contributed by atoms with Crippen molar-refractivity contribution in [2.24, 2.45) is 0 Å². The molecule has 3 aromatic rings. The van der Waals surface area contributed by atoms with E-state index in [9.17, 15) is 9.90 Å². The lowest BCUT2D eigenvalue weighted by Gasteiger charge is -2.18. The fourth-order valence-corrected chi connectivity index (χ4v) is 2.78. The number of nitriles is 1. The van der Waals surface area contributed by atoms with Crippen molar-refractivity contribution in [3.8, 4) is 11.8 Å². The quantitative estimate of drug-likeness (QED) is 0.586. The number of aromatic nitrogens is 3. The molecule has 8 heteroatoms. The van der Waals surface area contributed by atoms with E-state index in [1.807, 2.05) is 30.3 Å². The minimum atomic E-state index is -0.281. The second-order valence-corrected chi connectivity index (χ2v) is 5.76. The third-order valence-electron chi connectivity index (χ3n) is 4.14. The van der Waals surface area contributed by atoms with Crippen LogP contribution >= 0.6 is 0 Å². The SMILES string of the molecule is COc1ccc(C(CCO)NCc2cc(=O)n3[nH]cc(C#N)c3n2)cc1. The lowest BCUT2D eigenvalue weighted by molar-refractivity contribution is 0.265. The Morgan fingerprint density at radius 3 is 2.85 bits per heavy atom. The maximum atomic E-state index is 12.1. The van der Waals surface area contributed by atoms with Crippen LogP contribution in [-0.2, 0) is 6.54 Å². The van der Waals surface area contributed by atoms with Crippen molar-refractivity contribution in [1.82, 2.24) is 19.9 Å². The van der Waals surface area contributed by atoms with Gasteiger partial charge >= 0.3 is 0 Å². The number of aromatic amines is 1. The molecule has 0 fully saturated rings. The highest BCUT2D eigenvalue weighted by molar-refractivity contribution is 5.53. The summed E-state index contributed by atoms with van der Waals surface area (Å²) in [5.74, 6) is 0.758. The van der Waals surface area contributed by atoms with Crippen LogP contribution in [0.4, 0.5) is 0 Å². The number of aliphatic hydroxyl groups is 1. The van der Waals surface area contributed by atoms with Gasteiger partial charge in [-0.2, -0.15) is 5.26 Å². The Labute approximate surface area is 149 Å². The second kappa shape index (κ2) is 7.82. The number of rotatable bonds is 7. The molecular formula is C18H19N5O3. The van der Waals surface area contributed by atoms with Crippen molar-refractivity contribution in [3.05, 3.63) is 63.7 Å². The summed E-state index contributed by atoms with van der Waals surface area (Å²) in [7, 11) is 1.61. The highest BCUT2D eigenvalue weighted by atomic mass is 16.5. The van der Waals surface area contributed by atoms with Gasteiger partial charge in [-0.05, 0) is 24.1 Å². The van der Waals surface area contributed by atoms with Gasteiger partial charge in [0.15, 0.2) is 5.65 Å². The first-order valence-electron chi connectivity index (χ1n) is 8.14. The Balaban J connectivity index is 1.81. The standard InChI is InChI=1S/C18H19N5O3/c1-26-15-4-2-12(3-5-15)16(6-7-24)20-11-14-8-17(25)23-18(22-14)13(9-19)10-21-23/h2-5,8,10,16,20-21,24H,6-7,11H2,1H3. The Morgan fingerprint density at radius 2 is 2.19 bits per heavy atom. The van der Waals surface area contributed by atoms with Crippen LogP contribution < -0.4 is 15.6 Å². The van der Waals surface area contributed by atoms with Gasteiger partial charge in [0.25, 0.3) is 5.56 Å². The largest absolute Gasteiger partial charge is 0.497 e. The Hall–Kier alpha value is -3.15. The fraction of sp³-hybridized carbons (Fsp3) is 0.278. The zero-order chi connectivity index (χ0) is 18.5. The topological polar surface area (TPSA) is 115 Å². The minimum Gasteiger partial charge on any atom is -0.497 e. The molecule has 1 unspecified atom stereocenters. The monoisotopic (exact) mass is 353 g/mol. The van der Waals surface area contributed by atoms with Crippen molar-refractivity contribution < 1.29 is 9.84 Å². The third kappa shape index (κ3) is 3.59. The molecule has 0 spiro atoms. The first kappa shape index (κ1) is 17.7. The van der Waals surface area contributed by atoms with Crippen LogP contribution in [0, 0.1) is 11.3 Å². The van der Waals surface area contributed by atoms with Crippen molar-refractivity contribution in [1.29, 1.82) is 5.26 Å². The van der Waals surface area contributed by atoms with E-state index in [1.165, 1.54) is 16.8 Å². The van der Waals surface area contributed by atoms with E-state index >= 15 is 0 Å². The first-order valence-corrected chi connectivity index (χ1v) is 8.14. The highest BCUT2D eigenvalue weighted by Crippen LogP contribution is 2.20. The summed E-state index contributed by atoms with van der Waals surface area (Å²) in [4.78, 5) is 16.5. The molecule has 0 aliphatic carbocycles. The number of hydrogen-bond donors (Lipinski definition) is 3. The third-order valence-corrected chi connectivity index (χ3v) is 4.14. The van der Waals surface area contributed by atoms with E-state index in [-0.39, 0.29) is 18.2 Å². The summed E-state index contributed by atoms with van der Waals surface area (Å²) < 4.78 is 6.39. The number of aliphatic hydroxyl groups excluding tert-OH is 1. The van der Waals surface area contributed by atoms with Crippen LogP contribution in [0.15, 0.2) is 41.3 Å². The second-order valence-electron chi connectivity index (χ2n) is 5.76. The molecule has 0 saturated carbocycles. The van der Waals surface area contributed by atoms with Crippen molar-refractivity contribution >= 4 is 5.65 Å². The molecule has 1 aromatic carbocycles. The Bertz CT molecular complexity index is 985. The summed E-state index contributed by atoms with van der Waals surface area (Å²) in [6.45, 7) is 0.355. The van der Waals surface area contributed by atoms with Gasteiger partial charge in [-0.1, -0.05) is 12.1 Å². The lowest BCUT2D eigenvalue weighted by atomic mass is 10.0. The average Bonchev–Trinajstić information content (AvgIpc) is 3.09. The molecule has 26 heavy (non-hydrogen) atoms. The number of nitrogens with zero attached hydrogens (tertiary/aromatic N) is 3. The number of benzene rings is 1. The molecule has 0 aliphatic rings. The molecule has 134 valence electrons. The number of fused-ring (bicyclic) bond motifs is 1. The van der Waals surface area contributed by atoms with Crippen molar-refractivity contribution in [3.63, 3.8) is 0 Å². The van der Waals surface area contributed by atoms with Gasteiger partial charge in [0, 0.05) is 31.5 Å². The molecule has 1 atom stereocenters. The molecular weight excluding hydrogens is 334 g/mol. The van der Waals surface area contributed by atoms with Crippen LogP contribution in [0.2, 0.25) is 0 Å². The van der Waals surface area contributed by atoms with E-state index in [1.54, 1.807) is 7.11 Å². The molecule has 2 aromatic heterocycles.